The summed E-state index contributed by atoms with van der Waals surface area (Å²) >= 11 is 0. The Morgan fingerprint density at radius 3 is 2.63 bits per heavy atom. The molecule has 0 bridgehead atoms. The van der Waals surface area contributed by atoms with Crippen LogP contribution in [-0.4, -0.2) is 47.6 Å². The third-order valence-electron chi connectivity index (χ3n) is 5.20. The Bertz CT molecular complexity index is 817. The van der Waals surface area contributed by atoms with E-state index in [-0.39, 0.29) is 5.82 Å². The number of hydrogen-bond acceptors (Lipinski definition) is 4. The van der Waals surface area contributed by atoms with Crippen molar-refractivity contribution in [1.29, 1.82) is 0 Å². The zero-order valence-corrected chi connectivity index (χ0v) is 18.1. The Morgan fingerprint density at radius 2 is 1.97 bits per heavy atom. The number of piperidine rings is 1. The van der Waals surface area contributed by atoms with Crippen molar-refractivity contribution in [3.05, 3.63) is 54.0 Å². The molecule has 0 atom stereocenters. The van der Waals surface area contributed by atoms with E-state index in [4.69, 9.17) is 9.73 Å². The molecule has 1 aromatic carbocycles. The number of nitrogens with zero attached hydrogens (tertiary/aromatic N) is 3. The first-order valence-corrected chi connectivity index (χ1v) is 10.7. The van der Waals surface area contributed by atoms with Crippen molar-refractivity contribution >= 4 is 5.96 Å². The van der Waals surface area contributed by atoms with Gasteiger partial charge in [-0.1, -0.05) is 0 Å². The van der Waals surface area contributed by atoms with Crippen LogP contribution in [0.15, 0.2) is 47.6 Å². The number of hydrogen-bond donors (Lipinski definition) is 2. The third kappa shape index (κ3) is 6.69. The maximum Gasteiger partial charge on any atom is 0.219 e. The molecule has 2 N–H and O–H groups in total. The summed E-state index contributed by atoms with van der Waals surface area (Å²) in [6, 6.07) is 10.7. The second-order valence-corrected chi connectivity index (χ2v) is 7.80. The molecule has 0 unspecified atom stereocenters. The topological polar surface area (TPSA) is 61.8 Å². The summed E-state index contributed by atoms with van der Waals surface area (Å²) < 4.78 is 18.8. The van der Waals surface area contributed by atoms with Gasteiger partial charge in [0.2, 0.25) is 5.88 Å². The normalized spacial score (nSPS) is 16.0. The highest BCUT2D eigenvalue weighted by atomic mass is 19.1. The van der Waals surface area contributed by atoms with Gasteiger partial charge in [-0.15, -0.1) is 0 Å². The number of nitrogens with one attached hydrogen (secondary N) is 2. The fourth-order valence-corrected chi connectivity index (χ4v) is 3.47. The van der Waals surface area contributed by atoms with Gasteiger partial charge in [-0.05, 0) is 69.5 Å². The van der Waals surface area contributed by atoms with E-state index in [0.29, 0.717) is 30.3 Å². The minimum Gasteiger partial charge on any atom is -0.439 e. The lowest BCUT2D eigenvalue weighted by atomic mass is 10.0. The van der Waals surface area contributed by atoms with E-state index in [2.05, 4.69) is 41.3 Å². The Morgan fingerprint density at radius 1 is 1.23 bits per heavy atom. The van der Waals surface area contributed by atoms with Gasteiger partial charge in [0.15, 0.2) is 5.96 Å². The second-order valence-electron chi connectivity index (χ2n) is 7.80. The predicted octanol–water partition coefficient (Wildman–Crippen LogP) is 3.94. The molecule has 1 aliphatic heterocycles. The quantitative estimate of drug-likeness (QED) is 0.532. The highest BCUT2D eigenvalue weighted by Crippen LogP contribution is 2.20. The second kappa shape index (κ2) is 10.9. The summed E-state index contributed by atoms with van der Waals surface area (Å²) in [5.41, 5.74) is 0.994. The van der Waals surface area contributed by atoms with Crippen LogP contribution in [0, 0.1) is 5.82 Å². The number of guanidine groups is 1. The van der Waals surface area contributed by atoms with Crippen molar-refractivity contribution in [2.24, 2.45) is 4.99 Å². The minimum absolute atomic E-state index is 0.295. The fraction of sp³-hybridized carbons (Fsp3) is 0.478. The van der Waals surface area contributed by atoms with E-state index in [9.17, 15) is 4.39 Å². The van der Waals surface area contributed by atoms with E-state index >= 15 is 0 Å². The van der Waals surface area contributed by atoms with Gasteiger partial charge in [-0.2, -0.15) is 0 Å². The molecule has 0 saturated carbocycles. The summed E-state index contributed by atoms with van der Waals surface area (Å²) in [6.45, 7) is 10.1. The van der Waals surface area contributed by atoms with E-state index in [0.717, 1.165) is 44.0 Å². The zero-order valence-electron chi connectivity index (χ0n) is 18.1. The third-order valence-corrected chi connectivity index (χ3v) is 5.20. The van der Waals surface area contributed by atoms with Crippen LogP contribution in [0.5, 0.6) is 11.6 Å². The molecular weight excluding hydrogens is 381 g/mol. The molecule has 0 aliphatic carbocycles. The van der Waals surface area contributed by atoms with E-state index < -0.39 is 0 Å². The number of rotatable bonds is 7. The Balaban J connectivity index is 1.58. The number of aliphatic imine (C=N–C) groups is 1. The zero-order chi connectivity index (χ0) is 21.3. The lowest BCUT2D eigenvalue weighted by Crippen LogP contribution is -2.49. The van der Waals surface area contributed by atoms with E-state index in [1.807, 2.05) is 12.1 Å². The molecule has 1 saturated heterocycles. The molecule has 0 spiro atoms. The van der Waals surface area contributed by atoms with Crippen LogP contribution in [0.4, 0.5) is 4.39 Å². The number of aromatic nitrogens is 1. The lowest BCUT2D eigenvalue weighted by Gasteiger charge is -2.35. The van der Waals surface area contributed by atoms with Crippen LogP contribution in [0.2, 0.25) is 0 Å². The molecule has 2 aromatic rings. The molecule has 0 radical (unpaired) electrons. The van der Waals surface area contributed by atoms with Crippen LogP contribution in [0.3, 0.4) is 0 Å². The summed E-state index contributed by atoms with van der Waals surface area (Å²) in [4.78, 5) is 11.5. The fourth-order valence-electron chi connectivity index (χ4n) is 3.47. The number of likely N-dealkylation sites (tertiary alicyclic amines) is 1. The first-order chi connectivity index (χ1) is 14.5. The molecule has 162 valence electrons. The van der Waals surface area contributed by atoms with Crippen molar-refractivity contribution in [2.45, 2.75) is 52.2 Å². The van der Waals surface area contributed by atoms with Crippen LogP contribution >= 0.6 is 0 Å². The van der Waals surface area contributed by atoms with Gasteiger partial charge in [0.05, 0.1) is 6.54 Å². The van der Waals surface area contributed by atoms with Crippen molar-refractivity contribution in [3.8, 4) is 11.6 Å². The maximum atomic E-state index is 13.1. The molecule has 30 heavy (non-hydrogen) atoms. The van der Waals surface area contributed by atoms with Gasteiger partial charge in [-0.3, -0.25) is 0 Å². The molecule has 1 aromatic heterocycles. The molecule has 6 nitrogen and oxygen atoms in total. The Kier molecular flexibility index (Phi) is 8.02. The van der Waals surface area contributed by atoms with Crippen molar-refractivity contribution in [3.63, 3.8) is 0 Å². The van der Waals surface area contributed by atoms with Crippen LogP contribution in [0.1, 0.15) is 39.2 Å². The smallest absolute Gasteiger partial charge is 0.219 e. The number of pyridine rings is 1. The molecule has 3 rings (SSSR count). The van der Waals surface area contributed by atoms with Gasteiger partial charge in [0.1, 0.15) is 11.6 Å². The van der Waals surface area contributed by atoms with E-state index in [1.54, 1.807) is 18.3 Å². The van der Waals surface area contributed by atoms with Crippen molar-refractivity contribution in [1.82, 2.24) is 20.5 Å². The average molecular weight is 414 g/mol. The summed E-state index contributed by atoms with van der Waals surface area (Å²) in [7, 11) is 0. The highest BCUT2D eigenvalue weighted by Gasteiger charge is 2.21. The highest BCUT2D eigenvalue weighted by molar-refractivity contribution is 5.80. The SMILES string of the molecule is CCNC(=NCc1ccnc(Oc2ccc(F)cc2)c1)NC1CCN(C(C)C)CC1. The molecule has 1 aliphatic rings. The number of halogens is 1. The standard InChI is InChI=1S/C23H32FN5O/c1-4-25-23(28-20-10-13-29(14-11-20)17(2)3)27-16-18-9-12-26-22(15-18)30-21-7-5-19(24)6-8-21/h5-9,12,15,17,20H,4,10-11,13-14,16H2,1-3H3,(H2,25,27,28). The first-order valence-electron chi connectivity index (χ1n) is 10.7. The van der Waals surface area contributed by atoms with Crippen LogP contribution < -0.4 is 15.4 Å². The Labute approximate surface area is 178 Å². The predicted molar refractivity (Wildman–Crippen MR) is 118 cm³/mol. The largest absolute Gasteiger partial charge is 0.439 e. The average Bonchev–Trinajstić information content (AvgIpc) is 2.74. The summed E-state index contributed by atoms with van der Waals surface area (Å²) in [5, 5.41) is 6.91. The molecular formula is C23H32FN5O. The monoisotopic (exact) mass is 413 g/mol. The van der Waals surface area contributed by atoms with Gasteiger partial charge < -0.3 is 20.3 Å². The van der Waals surface area contributed by atoms with Crippen molar-refractivity contribution in [2.75, 3.05) is 19.6 Å². The Hall–Kier alpha value is -2.67. The van der Waals surface area contributed by atoms with E-state index in [1.165, 1.54) is 12.1 Å². The summed E-state index contributed by atoms with van der Waals surface area (Å²) in [6.07, 6.45) is 3.94. The molecule has 1 fully saturated rings. The molecule has 0 amide bonds. The molecule has 2 heterocycles. The van der Waals surface area contributed by atoms with Crippen LogP contribution in [-0.2, 0) is 6.54 Å². The van der Waals surface area contributed by atoms with Gasteiger partial charge in [0.25, 0.3) is 0 Å². The lowest BCUT2D eigenvalue weighted by molar-refractivity contribution is 0.167. The van der Waals surface area contributed by atoms with Gasteiger partial charge >= 0.3 is 0 Å². The maximum absolute atomic E-state index is 13.1. The van der Waals surface area contributed by atoms with Crippen LogP contribution in [0.25, 0.3) is 0 Å². The minimum atomic E-state index is -0.295. The first kappa shape index (κ1) is 22.0. The van der Waals surface area contributed by atoms with Gasteiger partial charge in [-0.25, -0.2) is 14.4 Å². The molecule has 7 heteroatoms. The van der Waals surface area contributed by atoms with Gasteiger partial charge in [0, 0.05) is 44.0 Å². The summed E-state index contributed by atoms with van der Waals surface area (Å²) in [5.74, 6) is 1.55. The number of benzene rings is 1. The van der Waals surface area contributed by atoms with Crippen molar-refractivity contribution < 1.29 is 9.13 Å². The number of ether oxygens (including phenoxy) is 1.